The number of hydrogen-bond donors (Lipinski definition) is 1. The average molecular weight is 390 g/mol. The second-order valence-corrected chi connectivity index (χ2v) is 6.91. The molecule has 19 heavy (non-hydrogen) atoms. The lowest BCUT2D eigenvalue weighted by molar-refractivity contribution is 0.186. The number of carbonyl (C=O) groups is 1. The lowest BCUT2D eigenvalue weighted by atomic mass is 10.00. The van der Waals surface area contributed by atoms with Gasteiger partial charge in [0, 0.05) is 22.0 Å². The molecular weight excluding hydrogens is 372 g/mol. The van der Waals surface area contributed by atoms with Crippen LogP contribution in [0.3, 0.4) is 0 Å². The predicted octanol–water partition coefficient (Wildman–Crippen LogP) is 4.78. The molecule has 0 spiro atoms. The first-order valence-electron chi connectivity index (χ1n) is 6.49. The fourth-order valence-corrected chi connectivity index (χ4v) is 3.83. The highest BCUT2D eigenvalue weighted by Crippen LogP contribution is 2.32. The van der Waals surface area contributed by atoms with Crippen LogP contribution in [0.1, 0.15) is 25.3 Å². The lowest BCUT2D eigenvalue weighted by Gasteiger charge is -2.30. The Bertz CT molecular complexity index is 459. The van der Waals surface area contributed by atoms with Gasteiger partial charge < -0.3 is 10.2 Å². The van der Waals surface area contributed by atoms with Crippen LogP contribution in [0.5, 0.6) is 0 Å². The van der Waals surface area contributed by atoms with Crippen molar-refractivity contribution in [2.75, 3.05) is 18.4 Å². The second-order valence-electron chi connectivity index (χ2n) is 5.20. The molecule has 1 saturated heterocycles. The molecule has 1 aliphatic heterocycles. The summed E-state index contributed by atoms with van der Waals surface area (Å²) in [7, 11) is 0. The second kappa shape index (κ2) is 6.27. The summed E-state index contributed by atoms with van der Waals surface area (Å²) in [5.41, 5.74) is 1.94. The zero-order valence-electron chi connectivity index (χ0n) is 11.2. The third-order valence-corrected chi connectivity index (χ3v) is 4.74. The molecule has 0 aromatic heterocycles. The van der Waals surface area contributed by atoms with Crippen LogP contribution in [-0.4, -0.2) is 24.0 Å². The van der Waals surface area contributed by atoms with Gasteiger partial charge in [-0.2, -0.15) is 0 Å². The fraction of sp³-hybridized carbons (Fsp3) is 0.500. The number of nitrogens with one attached hydrogen (secondary N) is 1. The molecule has 1 fully saturated rings. The van der Waals surface area contributed by atoms with E-state index in [0.717, 1.165) is 52.0 Å². The van der Waals surface area contributed by atoms with E-state index in [4.69, 9.17) is 0 Å². The van der Waals surface area contributed by atoms with E-state index in [1.54, 1.807) is 0 Å². The quantitative estimate of drug-likeness (QED) is 0.736. The highest BCUT2D eigenvalue weighted by molar-refractivity contribution is 9.11. The summed E-state index contributed by atoms with van der Waals surface area (Å²) in [4.78, 5) is 14.1. The Balaban J connectivity index is 2.07. The Morgan fingerprint density at radius 3 is 2.32 bits per heavy atom. The van der Waals surface area contributed by atoms with Crippen molar-refractivity contribution in [2.45, 2.75) is 26.7 Å². The van der Waals surface area contributed by atoms with E-state index < -0.39 is 0 Å². The van der Waals surface area contributed by atoms with E-state index in [9.17, 15) is 4.79 Å². The Hall–Kier alpha value is -0.550. The monoisotopic (exact) mass is 388 g/mol. The van der Waals surface area contributed by atoms with Gasteiger partial charge in [0.05, 0.1) is 5.69 Å². The summed E-state index contributed by atoms with van der Waals surface area (Å²) in [6, 6.07) is 3.98. The van der Waals surface area contributed by atoms with Crippen molar-refractivity contribution >= 4 is 43.6 Å². The van der Waals surface area contributed by atoms with E-state index in [0.29, 0.717) is 0 Å². The van der Waals surface area contributed by atoms with Crippen LogP contribution in [0.25, 0.3) is 0 Å². The summed E-state index contributed by atoms with van der Waals surface area (Å²) in [5.74, 6) is 0.724. The molecule has 1 aromatic carbocycles. The van der Waals surface area contributed by atoms with Gasteiger partial charge in [-0.05, 0) is 75.2 Å². The Morgan fingerprint density at radius 2 is 1.79 bits per heavy atom. The van der Waals surface area contributed by atoms with Crippen LogP contribution in [0.4, 0.5) is 10.5 Å². The van der Waals surface area contributed by atoms with Gasteiger partial charge in [0.2, 0.25) is 0 Å². The molecule has 1 heterocycles. The first-order valence-corrected chi connectivity index (χ1v) is 8.07. The minimum Gasteiger partial charge on any atom is -0.325 e. The van der Waals surface area contributed by atoms with E-state index in [1.807, 2.05) is 24.0 Å². The molecule has 0 aliphatic carbocycles. The Kier molecular flexibility index (Phi) is 4.90. The van der Waals surface area contributed by atoms with E-state index >= 15 is 0 Å². The van der Waals surface area contributed by atoms with Crippen molar-refractivity contribution in [3.63, 3.8) is 0 Å². The van der Waals surface area contributed by atoms with Crippen LogP contribution >= 0.6 is 31.9 Å². The maximum absolute atomic E-state index is 12.2. The van der Waals surface area contributed by atoms with Crippen LogP contribution in [0.15, 0.2) is 21.1 Å². The highest BCUT2D eigenvalue weighted by Gasteiger charge is 2.21. The van der Waals surface area contributed by atoms with Crippen molar-refractivity contribution < 1.29 is 4.79 Å². The number of benzene rings is 1. The Morgan fingerprint density at radius 1 is 1.26 bits per heavy atom. The molecule has 0 bridgehead atoms. The molecule has 1 N–H and O–H groups in total. The number of nitrogens with zero attached hydrogens (tertiary/aromatic N) is 1. The van der Waals surface area contributed by atoms with Gasteiger partial charge >= 0.3 is 6.03 Å². The van der Waals surface area contributed by atoms with Gasteiger partial charge in [0.1, 0.15) is 0 Å². The van der Waals surface area contributed by atoms with Crippen molar-refractivity contribution in [2.24, 2.45) is 5.92 Å². The van der Waals surface area contributed by atoms with Gasteiger partial charge in [0.15, 0.2) is 0 Å². The zero-order chi connectivity index (χ0) is 14.0. The zero-order valence-corrected chi connectivity index (χ0v) is 14.3. The number of amides is 2. The third kappa shape index (κ3) is 3.72. The number of halogens is 2. The van der Waals surface area contributed by atoms with Crippen LogP contribution in [-0.2, 0) is 0 Å². The number of carbonyl (C=O) groups excluding carboxylic acids is 1. The minimum absolute atomic E-state index is 0.0165. The number of aryl methyl sites for hydroxylation is 1. The van der Waals surface area contributed by atoms with Crippen LogP contribution in [0, 0.1) is 12.8 Å². The maximum atomic E-state index is 12.2. The van der Waals surface area contributed by atoms with Gasteiger partial charge in [-0.1, -0.05) is 6.92 Å². The smallest absolute Gasteiger partial charge is 0.321 e. The number of anilines is 1. The first-order chi connectivity index (χ1) is 8.97. The van der Waals surface area contributed by atoms with Crippen molar-refractivity contribution in [3.8, 4) is 0 Å². The van der Waals surface area contributed by atoms with Crippen LogP contribution in [0.2, 0.25) is 0 Å². The third-order valence-electron chi connectivity index (χ3n) is 3.49. The standard InChI is InChI=1S/C14H18Br2N2O/c1-9-3-5-18(6-4-9)14(19)17-13-11(15)7-10(2)8-12(13)16/h7-9H,3-6H2,1-2H3,(H,17,19). The topological polar surface area (TPSA) is 32.3 Å². The molecule has 2 rings (SSSR count). The maximum Gasteiger partial charge on any atom is 0.321 e. The molecule has 0 unspecified atom stereocenters. The SMILES string of the molecule is Cc1cc(Br)c(NC(=O)N2CCC(C)CC2)c(Br)c1. The summed E-state index contributed by atoms with van der Waals surface area (Å²) in [6.07, 6.45) is 2.17. The van der Waals surface area contributed by atoms with E-state index in [2.05, 4.69) is 44.1 Å². The van der Waals surface area contributed by atoms with Gasteiger partial charge in [-0.15, -0.1) is 0 Å². The fourth-order valence-electron chi connectivity index (χ4n) is 2.22. The average Bonchev–Trinajstić information content (AvgIpc) is 2.34. The first kappa shape index (κ1) is 14.9. The van der Waals surface area contributed by atoms with Crippen molar-refractivity contribution in [1.29, 1.82) is 0 Å². The number of urea groups is 1. The molecule has 5 heteroatoms. The number of rotatable bonds is 1. The molecule has 0 saturated carbocycles. The lowest BCUT2D eigenvalue weighted by Crippen LogP contribution is -2.40. The normalized spacial score (nSPS) is 16.5. The van der Waals surface area contributed by atoms with E-state index in [-0.39, 0.29) is 6.03 Å². The molecule has 1 aromatic rings. The van der Waals surface area contributed by atoms with Crippen molar-refractivity contribution in [3.05, 3.63) is 26.6 Å². The predicted molar refractivity (Wildman–Crippen MR) is 85.6 cm³/mol. The number of likely N-dealkylation sites (tertiary alicyclic amines) is 1. The highest BCUT2D eigenvalue weighted by atomic mass is 79.9. The molecule has 0 radical (unpaired) electrons. The summed E-state index contributed by atoms with van der Waals surface area (Å²) in [5, 5.41) is 2.98. The molecule has 104 valence electrons. The largest absolute Gasteiger partial charge is 0.325 e. The summed E-state index contributed by atoms with van der Waals surface area (Å²) < 4.78 is 1.80. The molecular formula is C14H18Br2N2O. The molecule has 2 amide bonds. The summed E-state index contributed by atoms with van der Waals surface area (Å²) >= 11 is 6.99. The Labute approximate surface area is 131 Å². The summed E-state index contributed by atoms with van der Waals surface area (Å²) in [6.45, 7) is 5.94. The van der Waals surface area contributed by atoms with Gasteiger partial charge in [0.25, 0.3) is 0 Å². The van der Waals surface area contributed by atoms with Gasteiger partial charge in [-0.25, -0.2) is 4.79 Å². The number of hydrogen-bond acceptors (Lipinski definition) is 1. The molecule has 1 aliphatic rings. The molecule has 0 atom stereocenters. The number of piperidine rings is 1. The van der Waals surface area contributed by atoms with Gasteiger partial charge in [-0.3, -0.25) is 0 Å². The van der Waals surface area contributed by atoms with Crippen LogP contribution < -0.4 is 5.32 Å². The van der Waals surface area contributed by atoms with E-state index in [1.165, 1.54) is 0 Å². The van der Waals surface area contributed by atoms with Crippen molar-refractivity contribution in [1.82, 2.24) is 4.90 Å². The molecule has 3 nitrogen and oxygen atoms in total. The minimum atomic E-state index is -0.0165.